The van der Waals surface area contributed by atoms with Crippen LogP contribution in [0, 0.1) is 5.82 Å². The number of hydrogen-bond donors (Lipinski definition) is 1. The van der Waals surface area contributed by atoms with Crippen molar-refractivity contribution in [1.29, 1.82) is 0 Å². The molecule has 1 atom stereocenters. The summed E-state index contributed by atoms with van der Waals surface area (Å²) in [6.07, 6.45) is 1.72. The molecule has 2 rings (SSSR count). The standard InChI is InChI=1S/C16H21BrFN3/c1-4-12-10-16(21(5-2)20-12)15(19-3)9-11-6-7-14(18)13(17)8-11/h6-8,10,15,19H,4-5,9H2,1-3H3. The van der Waals surface area contributed by atoms with Crippen LogP contribution in [-0.2, 0) is 19.4 Å². The highest BCUT2D eigenvalue weighted by Gasteiger charge is 2.17. The maximum atomic E-state index is 13.3. The number of nitrogens with zero attached hydrogens (tertiary/aromatic N) is 2. The Bertz CT molecular complexity index is 610. The summed E-state index contributed by atoms with van der Waals surface area (Å²) in [5.41, 5.74) is 3.37. The fourth-order valence-corrected chi connectivity index (χ4v) is 2.88. The van der Waals surface area contributed by atoms with E-state index in [2.05, 4.69) is 46.3 Å². The minimum Gasteiger partial charge on any atom is -0.311 e. The highest BCUT2D eigenvalue weighted by Crippen LogP contribution is 2.23. The van der Waals surface area contributed by atoms with Gasteiger partial charge in [0.2, 0.25) is 0 Å². The van der Waals surface area contributed by atoms with E-state index in [1.54, 1.807) is 0 Å². The molecule has 0 saturated heterocycles. The number of aromatic nitrogens is 2. The maximum absolute atomic E-state index is 13.3. The minimum atomic E-state index is -0.230. The fourth-order valence-electron chi connectivity index (χ4n) is 2.45. The van der Waals surface area contributed by atoms with Crippen LogP contribution in [0.15, 0.2) is 28.7 Å². The van der Waals surface area contributed by atoms with Crippen LogP contribution in [0.1, 0.15) is 36.8 Å². The average Bonchev–Trinajstić information content (AvgIpc) is 2.91. The number of benzene rings is 1. The van der Waals surface area contributed by atoms with Crippen LogP contribution >= 0.6 is 15.9 Å². The highest BCUT2D eigenvalue weighted by molar-refractivity contribution is 9.10. The van der Waals surface area contributed by atoms with Gasteiger partial charge in [0.25, 0.3) is 0 Å². The zero-order valence-electron chi connectivity index (χ0n) is 12.7. The summed E-state index contributed by atoms with van der Waals surface area (Å²) < 4.78 is 15.9. The van der Waals surface area contributed by atoms with Crippen LogP contribution in [0.5, 0.6) is 0 Å². The Morgan fingerprint density at radius 3 is 2.67 bits per heavy atom. The van der Waals surface area contributed by atoms with E-state index in [-0.39, 0.29) is 11.9 Å². The molecule has 1 unspecified atom stereocenters. The third-order valence-electron chi connectivity index (χ3n) is 3.65. The molecule has 2 aromatic rings. The normalized spacial score (nSPS) is 12.6. The molecule has 1 N–H and O–H groups in total. The third kappa shape index (κ3) is 3.71. The van der Waals surface area contributed by atoms with E-state index < -0.39 is 0 Å². The van der Waals surface area contributed by atoms with Gasteiger partial charge in [0.1, 0.15) is 5.82 Å². The van der Waals surface area contributed by atoms with E-state index in [0.717, 1.165) is 30.6 Å². The van der Waals surface area contributed by atoms with Gasteiger partial charge in [0.15, 0.2) is 0 Å². The largest absolute Gasteiger partial charge is 0.311 e. The second-order valence-electron chi connectivity index (χ2n) is 5.02. The summed E-state index contributed by atoms with van der Waals surface area (Å²) in [7, 11) is 1.95. The molecule has 0 aliphatic rings. The van der Waals surface area contributed by atoms with Gasteiger partial charge in [0.05, 0.1) is 21.9 Å². The van der Waals surface area contributed by atoms with Crippen molar-refractivity contribution < 1.29 is 4.39 Å². The van der Waals surface area contributed by atoms with E-state index in [1.165, 1.54) is 11.8 Å². The van der Waals surface area contributed by atoms with Gasteiger partial charge in [0, 0.05) is 6.54 Å². The molecule has 0 bridgehead atoms. The smallest absolute Gasteiger partial charge is 0.137 e. The van der Waals surface area contributed by atoms with Gasteiger partial charge < -0.3 is 5.32 Å². The van der Waals surface area contributed by atoms with Crippen molar-refractivity contribution in [3.05, 3.63) is 51.5 Å². The Morgan fingerprint density at radius 2 is 2.10 bits per heavy atom. The van der Waals surface area contributed by atoms with Crippen LogP contribution in [0.4, 0.5) is 4.39 Å². The van der Waals surface area contributed by atoms with Crippen LogP contribution < -0.4 is 5.32 Å². The number of likely N-dealkylation sites (N-methyl/N-ethyl adjacent to an activating group) is 1. The first-order valence-corrected chi connectivity index (χ1v) is 8.06. The lowest BCUT2D eigenvalue weighted by Crippen LogP contribution is -2.22. The predicted octanol–water partition coefficient (Wildman–Crippen LogP) is 3.87. The number of aryl methyl sites for hydroxylation is 2. The lowest BCUT2D eigenvalue weighted by molar-refractivity contribution is 0.511. The quantitative estimate of drug-likeness (QED) is 0.854. The van der Waals surface area contributed by atoms with Crippen molar-refractivity contribution in [1.82, 2.24) is 15.1 Å². The average molecular weight is 354 g/mol. The molecule has 1 aromatic heterocycles. The van der Waals surface area contributed by atoms with E-state index in [4.69, 9.17) is 0 Å². The third-order valence-corrected chi connectivity index (χ3v) is 4.26. The van der Waals surface area contributed by atoms with Crippen molar-refractivity contribution in [2.75, 3.05) is 7.05 Å². The summed E-state index contributed by atoms with van der Waals surface area (Å²) in [5, 5.41) is 7.94. The Labute approximate surface area is 133 Å². The monoisotopic (exact) mass is 353 g/mol. The van der Waals surface area contributed by atoms with Crippen LogP contribution in [0.25, 0.3) is 0 Å². The highest BCUT2D eigenvalue weighted by atomic mass is 79.9. The van der Waals surface area contributed by atoms with Crippen LogP contribution in [-0.4, -0.2) is 16.8 Å². The molecule has 0 amide bonds. The fraction of sp³-hybridized carbons (Fsp3) is 0.438. The van der Waals surface area contributed by atoms with Gasteiger partial charge in [-0.3, -0.25) is 4.68 Å². The SMILES string of the molecule is CCc1cc(C(Cc2ccc(F)c(Br)c2)NC)n(CC)n1. The minimum absolute atomic E-state index is 0.162. The molecule has 3 nitrogen and oxygen atoms in total. The Kier molecular flexibility index (Phi) is 5.53. The number of hydrogen-bond acceptors (Lipinski definition) is 2. The van der Waals surface area contributed by atoms with Crippen molar-refractivity contribution in [2.45, 2.75) is 39.3 Å². The van der Waals surface area contributed by atoms with Crippen molar-refractivity contribution in [3.63, 3.8) is 0 Å². The van der Waals surface area contributed by atoms with E-state index >= 15 is 0 Å². The zero-order chi connectivity index (χ0) is 15.4. The van der Waals surface area contributed by atoms with Gasteiger partial charge in [-0.05, 0) is 66.5 Å². The van der Waals surface area contributed by atoms with Crippen LogP contribution in [0.3, 0.4) is 0 Å². The molecule has 21 heavy (non-hydrogen) atoms. The number of rotatable bonds is 6. The summed E-state index contributed by atoms with van der Waals surface area (Å²) in [5.74, 6) is -0.230. The molecule has 0 aliphatic heterocycles. The first-order chi connectivity index (χ1) is 10.1. The van der Waals surface area contributed by atoms with Gasteiger partial charge >= 0.3 is 0 Å². The molecule has 0 fully saturated rings. The summed E-state index contributed by atoms with van der Waals surface area (Å²) >= 11 is 3.24. The Balaban J connectivity index is 2.26. The molecule has 0 radical (unpaired) electrons. The van der Waals surface area contributed by atoms with E-state index in [0.29, 0.717) is 4.47 Å². The predicted molar refractivity (Wildman–Crippen MR) is 86.9 cm³/mol. The summed E-state index contributed by atoms with van der Waals surface area (Å²) in [4.78, 5) is 0. The molecular formula is C16H21BrFN3. The molecule has 0 spiro atoms. The van der Waals surface area contributed by atoms with Crippen molar-refractivity contribution in [2.24, 2.45) is 0 Å². The van der Waals surface area contributed by atoms with Gasteiger partial charge in [-0.25, -0.2) is 4.39 Å². The molecule has 5 heteroatoms. The van der Waals surface area contributed by atoms with Gasteiger partial charge in [-0.15, -0.1) is 0 Å². The maximum Gasteiger partial charge on any atom is 0.137 e. The number of nitrogens with one attached hydrogen (secondary N) is 1. The topological polar surface area (TPSA) is 29.9 Å². The molecule has 0 aliphatic carbocycles. The summed E-state index contributed by atoms with van der Waals surface area (Å²) in [6, 6.07) is 7.49. The Hall–Kier alpha value is -1.20. The molecule has 114 valence electrons. The second-order valence-corrected chi connectivity index (χ2v) is 5.88. The van der Waals surface area contributed by atoms with Gasteiger partial charge in [-0.1, -0.05) is 13.0 Å². The first kappa shape index (κ1) is 16.2. The van der Waals surface area contributed by atoms with Crippen molar-refractivity contribution >= 4 is 15.9 Å². The van der Waals surface area contributed by atoms with E-state index in [1.807, 2.05) is 23.9 Å². The summed E-state index contributed by atoms with van der Waals surface area (Å²) in [6.45, 7) is 5.05. The molecular weight excluding hydrogens is 333 g/mol. The Morgan fingerprint density at radius 1 is 1.33 bits per heavy atom. The lowest BCUT2D eigenvalue weighted by Gasteiger charge is -2.17. The number of halogens is 2. The lowest BCUT2D eigenvalue weighted by atomic mass is 10.0. The molecule has 1 heterocycles. The van der Waals surface area contributed by atoms with Crippen LogP contribution in [0.2, 0.25) is 0 Å². The van der Waals surface area contributed by atoms with Gasteiger partial charge in [-0.2, -0.15) is 5.10 Å². The van der Waals surface area contributed by atoms with E-state index in [9.17, 15) is 4.39 Å². The second kappa shape index (κ2) is 7.18. The zero-order valence-corrected chi connectivity index (χ0v) is 14.2. The molecule has 0 saturated carbocycles. The first-order valence-electron chi connectivity index (χ1n) is 7.26. The molecule has 1 aromatic carbocycles. The van der Waals surface area contributed by atoms with Crippen molar-refractivity contribution in [3.8, 4) is 0 Å².